The molecule has 0 aromatic carbocycles. The van der Waals surface area contributed by atoms with Crippen LogP contribution in [-0.2, 0) is 23.7 Å². The minimum absolute atomic E-state index is 0.00212. The summed E-state index contributed by atoms with van der Waals surface area (Å²) in [6.45, 7) is 10.3. The summed E-state index contributed by atoms with van der Waals surface area (Å²) in [4.78, 5) is 48.9. The van der Waals surface area contributed by atoms with Gasteiger partial charge in [0.25, 0.3) is 0 Å². The molecule has 0 spiro atoms. The van der Waals surface area contributed by atoms with Gasteiger partial charge in [0.1, 0.15) is 18.8 Å². The third-order valence-electron chi connectivity index (χ3n) is 10.1. The number of hydrogen-bond donors (Lipinski definition) is 0. The SMILES string of the molecule is CCCCCC(=O)OC[C@]12CCC(=C(C)C)[C@@H]1[C@H](OC(=O)c1cccnc1)C[C@]1(C)O[C@H]1CC/C(C)=C/[C@@H]2OC(=O)c1cccnc1. The first-order valence-electron chi connectivity index (χ1n) is 17.0. The molecule has 2 aromatic rings. The highest BCUT2D eigenvalue weighted by Crippen LogP contribution is 2.57. The van der Waals surface area contributed by atoms with Crippen LogP contribution in [0.25, 0.3) is 0 Å². The van der Waals surface area contributed by atoms with Gasteiger partial charge in [0.15, 0.2) is 0 Å². The minimum atomic E-state index is -0.920. The second-order valence-electron chi connectivity index (χ2n) is 13.8. The number of pyridine rings is 2. The van der Waals surface area contributed by atoms with Gasteiger partial charge in [-0.25, -0.2) is 9.59 Å². The summed E-state index contributed by atoms with van der Waals surface area (Å²) in [7, 11) is 0. The van der Waals surface area contributed by atoms with Crippen molar-refractivity contribution in [3.63, 3.8) is 0 Å². The van der Waals surface area contributed by atoms with Crippen molar-refractivity contribution in [3.8, 4) is 0 Å². The lowest BCUT2D eigenvalue weighted by atomic mass is 9.68. The van der Waals surface area contributed by atoms with Crippen molar-refractivity contribution in [2.45, 2.75) is 116 Å². The van der Waals surface area contributed by atoms with Crippen LogP contribution in [0.5, 0.6) is 0 Å². The van der Waals surface area contributed by atoms with Crippen LogP contribution in [0.4, 0.5) is 0 Å². The molecule has 47 heavy (non-hydrogen) atoms. The molecular weight excluding hydrogens is 596 g/mol. The van der Waals surface area contributed by atoms with Crippen molar-refractivity contribution in [1.82, 2.24) is 9.97 Å². The van der Waals surface area contributed by atoms with E-state index in [2.05, 4.69) is 37.7 Å². The number of esters is 3. The molecule has 0 radical (unpaired) electrons. The van der Waals surface area contributed by atoms with Crippen LogP contribution in [0.1, 0.15) is 113 Å². The molecule has 252 valence electrons. The molecule has 9 heteroatoms. The van der Waals surface area contributed by atoms with Crippen LogP contribution in [0, 0.1) is 11.3 Å². The Labute approximate surface area is 278 Å². The molecule has 3 heterocycles. The van der Waals surface area contributed by atoms with Gasteiger partial charge in [0.2, 0.25) is 0 Å². The number of ether oxygens (including phenoxy) is 4. The van der Waals surface area contributed by atoms with Crippen molar-refractivity contribution >= 4 is 17.9 Å². The maximum Gasteiger partial charge on any atom is 0.340 e. The van der Waals surface area contributed by atoms with Crippen molar-refractivity contribution in [3.05, 3.63) is 83.0 Å². The predicted molar refractivity (Wildman–Crippen MR) is 176 cm³/mol. The first-order chi connectivity index (χ1) is 22.6. The molecule has 5 rings (SSSR count). The average molecular weight is 645 g/mol. The van der Waals surface area contributed by atoms with E-state index in [1.165, 1.54) is 12.4 Å². The highest BCUT2D eigenvalue weighted by molar-refractivity contribution is 5.89. The van der Waals surface area contributed by atoms with Gasteiger partial charge in [-0.15, -0.1) is 0 Å². The predicted octanol–water partition coefficient (Wildman–Crippen LogP) is 7.37. The molecule has 1 saturated carbocycles. The van der Waals surface area contributed by atoms with Crippen LogP contribution in [0.15, 0.2) is 71.8 Å². The molecule has 3 aliphatic rings. The fourth-order valence-electron chi connectivity index (χ4n) is 7.39. The summed E-state index contributed by atoms with van der Waals surface area (Å²) >= 11 is 0. The molecule has 0 bridgehead atoms. The van der Waals surface area contributed by atoms with Gasteiger partial charge in [0, 0.05) is 43.5 Å². The fraction of sp³-hybridized carbons (Fsp3) is 0.553. The fourth-order valence-corrected chi connectivity index (χ4v) is 7.39. The zero-order valence-electron chi connectivity index (χ0n) is 28.3. The molecule has 1 saturated heterocycles. The number of allylic oxidation sites excluding steroid dienone is 2. The summed E-state index contributed by atoms with van der Waals surface area (Å²) in [6.07, 6.45) is 13.0. The lowest BCUT2D eigenvalue weighted by molar-refractivity contribution is -0.153. The summed E-state index contributed by atoms with van der Waals surface area (Å²) < 4.78 is 25.4. The smallest absolute Gasteiger partial charge is 0.340 e. The lowest BCUT2D eigenvalue weighted by Gasteiger charge is -2.43. The van der Waals surface area contributed by atoms with E-state index in [1.807, 2.05) is 13.0 Å². The molecule has 6 atom stereocenters. The maximum atomic E-state index is 13.7. The summed E-state index contributed by atoms with van der Waals surface area (Å²) in [5.41, 5.74) is 2.53. The Morgan fingerprint density at radius 1 is 0.979 bits per heavy atom. The van der Waals surface area contributed by atoms with Crippen LogP contribution in [0.2, 0.25) is 0 Å². The van der Waals surface area contributed by atoms with E-state index in [0.717, 1.165) is 48.8 Å². The van der Waals surface area contributed by atoms with E-state index in [9.17, 15) is 14.4 Å². The highest BCUT2D eigenvalue weighted by Gasteiger charge is 2.61. The largest absolute Gasteiger partial charge is 0.465 e. The monoisotopic (exact) mass is 644 g/mol. The second-order valence-corrected chi connectivity index (χ2v) is 13.8. The van der Waals surface area contributed by atoms with E-state index in [-0.39, 0.29) is 18.7 Å². The first-order valence-corrected chi connectivity index (χ1v) is 17.0. The average Bonchev–Trinajstić information content (AvgIpc) is 3.53. The molecule has 1 aliphatic heterocycles. The van der Waals surface area contributed by atoms with Crippen LogP contribution >= 0.6 is 0 Å². The first kappa shape index (κ1) is 34.5. The van der Waals surface area contributed by atoms with Gasteiger partial charge in [0.05, 0.1) is 28.2 Å². The Morgan fingerprint density at radius 3 is 2.28 bits per heavy atom. The van der Waals surface area contributed by atoms with Gasteiger partial charge in [-0.05, 0) is 90.1 Å². The van der Waals surface area contributed by atoms with Gasteiger partial charge in [-0.1, -0.05) is 36.5 Å². The van der Waals surface area contributed by atoms with E-state index < -0.39 is 41.1 Å². The number of carbonyl (C=O) groups excluding carboxylic acids is 3. The molecule has 2 fully saturated rings. The number of aromatic nitrogens is 2. The van der Waals surface area contributed by atoms with E-state index >= 15 is 0 Å². The van der Waals surface area contributed by atoms with E-state index in [4.69, 9.17) is 18.9 Å². The number of rotatable bonds is 10. The van der Waals surface area contributed by atoms with Gasteiger partial charge >= 0.3 is 17.9 Å². The molecular formula is C38H48N2O7. The van der Waals surface area contributed by atoms with Crippen molar-refractivity contribution in [2.24, 2.45) is 11.3 Å². The number of epoxide rings is 1. The Kier molecular flexibility index (Phi) is 11.0. The molecule has 0 amide bonds. The van der Waals surface area contributed by atoms with E-state index in [0.29, 0.717) is 36.8 Å². The standard InChI is InChI=1S/C38H48N2O7/c1-6-7-8-13-33(41)44-24-38-17-16-29(25(2)3)34(38)30(45-35(42)27-11-9-18-39-22-27)21-37(5)31(47-37)15-14-26(4)20-32(38)46-36(43)28-12-10-19-40-23-28/h9-12,18-20,22-23,30-32,34H,6-8,13-17,21,24H2,1-5H3/b26-20+/t30-,31+,32+,34-,37+,38+/m1/s1. The van der Waals surface area contributed by atoms with Crippen molar-refractivity contribution in [2.75, 3.05) is 6.61 Å². The maximum absolute atomic E-state index is 13.7. The summed E-state index contributed by atoms with van der Waals surface area (Å²) in [6, 6.07) is 6.76. The second kappa shape index (κ2) is 14.9. The Morgan fingerprint density at radius 2 is 1.66 bits per heavy atom. The number of nitrogens with zero attached hydrogens (tertiary/aromatic N) is 2. The zero-order valence-corrected chi connectivity index (χ0v) is 28.3. The molecule has 9 nitrogen and oxygen atoms in total. The Balaban J connectivity index is 1.63. The summed E-state index contributed by atoms with van der Waals surface area (Å²) in [5.74, 6) is -1.71. The van der Waals surface area contributed by atoms with Crippen LogP contribution in [-0.4, -0.2) is 58.4 Å². The van der Waals surface area contributed by atoms with Crippen molar-refractivity contribution < 1.29 is 33.3 Å². The minimum Gasteiger partial charge on any atom is -0.465 e. The Bertz CT molecular complexity index is 1490. The molecule has 2 aromatic heterocycles. The Hall–Kier alpha value is -3.85. The van der Waals surface area contributed by atoms with Crippen LogP contribution < -0.4 is 0 Å². The van der Waals surface area contributed by atoms with Gasteiger partial charge < -0.3 is 18.9 Å². The number of carbonyl (C=O) groups is 3. The lowest BCUT2D eigenvalue weighted by Crippen LogP contribution is -2.50. The van der Waals surface area contributed by atoms with Gasteiger partial charge in [-0.3, -0.25) is 14.8 Å². The normalized spacial score (nSPS) is 29.6. The van der Waals surface area contributed by atoms with E-state index in [1.54, 1.807) is 36.7 Å². The third-order valence-corrected chi connectivity index (χ3v) is 10.1. The highest BCUT2D eigenvalue weighted by atomic mass is 16.6. The number of unbranched alkanes of at least 4 members (excludes halogenated alkanes) is 2. The van der Waals surface area contributed by atoms with Crippen molar-refractivity contribution in [1.29, 1.82) is 0 Å². The topological polar surface area (TPSA) is 117 Å². The van der Waals surface area contributed by atoms with Crippen LogP contribution in [0.3, 0.4) is 0 Å². The molecule has 0 unspecified atom stereocenters. The van der Waals surface area contributed by atoms with Gasteiger partial charge in [-0.2, -0.15) is 0 Å². The quantitative estimate of drug-likeness (QED) is 0.0859. The number of hydrogen-bond acceptors (Lipinski definition) is 9. The molecule has 0 N–H and O–H groups in total. The zero-order chi connectivity index (χ0) is 33.6. The third kappa shape index (κ3) is 8.00. The summed E-state index contributed by atoms with van der Waals surface area (Å²) in [5, 5.41) is 0. The molecule has 2 aliphatic carbocycles. The number of fused-ring (bicyclic) bond motifs is 2.